The molecule has 0 saturated carbocycles. The second-order valence-electron chi connectivity index (χ2n) is 5.30. The monoisotopic (exact) mass is 296 g/mol. The Kier molecular flexibility index (Phi) is 5.31. The van der Waals surface area contributed by atoms with Crippen molar-refractivity contribution < 1.29 is 9.59 Å². The van der Waals surface area contributed by atoms with Crippen LogP contribution in [0, 0.1) is 0 Å². The van der Waals surface area contributed by atoms with Crippen molar-refractivity contribution in [2.75, 3.05) is 14.1 Å². The summed E-state index contributed by atoms with van der Waals surface area (Å²) in [5, 5.41) is 2.95. The van der Waals surface area contributed by atoms with Crippen LogP contribution in [0.25, 0.3) is 0 Å². The summed E-state index contributed by atoms with van der Waals surface area (Å²) in [6.45, 7) is 0. The van der Waals surface area contributed by atoms with Gasteiger partial charge in [0.15, 0.2) is 0 Å². The second kappa shape index (κ2) is 7.41. The minimum absolute atomic E-state index is 0.0257. The molecular weight excluding hydrogens is 276 g/mol. The van der Waals surface area contributed by atoms with E-state index in [-0.39, 0.29) is 24.3 Å². The minimum atomic E-state index is -0.344. The van der Waals surface area contributed by atoms with Gasteiger partial charge in [0.1, 0.15) is 0 Å². The van der Waals surface area contributed by atoms with Crippen molar-refractivity contribution >= 4 is 11.8 Å². The molecule has 0 heterocycles. The van der Waals surface area contributed by atoms with E-state index in [1.165, 1.54) is 4.90 Å². The smallest absolute Gasteiger partial charge is 0.251 e. The van der Waals surface area contributed by atoms with E-state index in [9.17, 15) is 9.59 Å². The van der Waals surface area contributed by atoms with Gasteiger partial charge in [-0.05, 0) is 17.7 Å². The average Bonchev–Trinajstić information content (AvgIpc) is 2.55. The fraction of sp³-hybridized carbons (Fsp3) is 0.222. The van der Waals surface area contributed by atoms with Gasteiger partial charge < -0.3 is 10.2 Å². The van der Waals surface area contributed by atoms with Crippen LogP contribution in [0.3, 0.4) is 0 Å². The van der Waals surface area contributed by atoms with Crippen molar-refractivity contribution in [1.29, 1.82) is 0 Å². The largest absolute Gasteiger partial charge is 0.349 e. The van der Waals surface area contributed by atoms with E-state index in [2.05, 4.69) is 5.32 Å². The van der Waals surface area contributed by atoms with E-state index < -0.39 is 0 Å². The number of nitrogens with one attached hydrogen (secondary N) is 1. The molecule has 2 rings (SSSR count). The van der Waals surface area contributed by atoms with E-state index in [1.807, 2.05) is 48.5 Å². The number of benzene rings is 2. The lowest BCUT2D eigenvalue weighted by Gasteiger charge is -2.21. The second-order valence-corrected chi connectivity index (χ2v) is 5.30. The summed E-state index contributed by atoms with van der Waals surface area (Å²) in [6, 6.07) is 18.2. The Morgan fingerprint density at radius 2 is 1.50 bits per heavy atom. The first kappa shape index (κ1) is 15.8. The molecule has 0 aromatic heterocycles. The quantitative estimate of drug-likeness (QED) is 0.922. The third kappa shape index (κ3) is 4.19. The van der Waals surface area contributed by atoms with Crippen molar-refractivity contribution in [2.24, 2.45) is 0 Å². The van der Waals surface area contributed by atoms with Gasteiger partial charge in [-0.25, -0.2) is 0 Å². The normalized spacial score (nSPS) is 11.5. The van der Waals surface area contributed by atoms with Crippen LogP contribution in [-0.4, -0.2) is 30.8 Å². The van der Waals surface area contributed by atoms with Crippen LogP contribution in [0.2, 0.25) is 0 Å². The van der Waals surface area contributed by atoms with Crippen molar-refractivity contribution in [2.45, 2.75) is 12.5 Å². The molecule has 0 fully saturated rings. The van der Waals surface area contributed by atoms with Crippen molar-refractivity contribution in [3.63, 3.8) is 0 Å². The summed E-state index contributed by atoms with van der Waals surface area (Å²) in [5.41, 5.74) is 1.50. The summed E-state index contributed by atoms with van der Waals surface area (Å²) in [7, 11) is 3.42. The highest BCUT2D eigenvalue weighted by Crippen LogP contribution is 2.18. The summed E-state index contributed by atoms with van der Waals surface area (Å²) >= 11 is 0. The number of hydrogen-bond donors (Lipinski definition) is 1. The van der Waals surface area contributed by atoms with Crippen molar-refractivity contribution in [3.8, 4) is 0 Å². The number of amides is 2. The lowest BCUT2D eigenvalue weighted by Crippen LogP contribution is -2.33. The van der Waals surface area contributed by atoms with Crippen molar-refractivity contribution in [1.82, 2.24) is 10.2 Å². The summed E-state index contributed by atoms with van der Waals surface area (Å²) in [4.78, 5) is 25.9. The Morgan fingerprint density at radius 1 is 0.955 bits per heavy atom. The van der Waals surface area contributed by atoms with Gasteiger partial charge >= 0.3 is 0 Å². The molecule has 0 saturated heterocycles. The predicted octanol–water partition coefficient (Wildman–Crippen LogP) is 2.64. The van der Waals surface area contributed by atoms with E-state index in [0.29, 0.717) is 5.56 Å². The van der Waals surface area contributed by atoms with E-state index in [1.54, 1.807) is 26.2 Å². The summed E-state index contributed by atoms with van der Waals surface area (Å²) in [5.74, 6) is -0.205. The van der Waals surface area contributed by atoms with Gasteiger partial charge in [0.2, 0.25) is 5.91 Å². The number of nitrogens with zero attached hydrogens (tertiary/aromatic N) is 1. The van der Waals surface area contributed by atoms with Crippen LogP contribution >= 0.6 is 0 Å². The van der Waals surface area contributed by atoms with Crippen LogP contribution in [0.15, 0.2) is 60.7 Å². The van der Waals surface area contributed by atoms with E-state index in [4.69, 9.17) is 0 Å². The van der Waals surface area contributed by atoms with Crippen LogP contribution in [-0.2, 0) is 4.79 Å². The molecule has 0 radical (unpaired) electrons. The Labute approximate surface area is 130 Å². The first-order valence-corrected chi connectivity index (χ1v) is 7.19. The molecule has 1 atom stereocenters. The van der Waals surface area contributed by atoms with Gasteiger partial charge in [-0.1, -0.05) is 48.5 Å². The molecule has 4 nitrogen and oxygen atoms in total. The lowest BCUT2D eigenvalue weighted by atomic mass is 10.0. The van der Waals surface area contributed by atoms with Gasteiger partial charge in [-0.15, -0.1) is 0 Å². The highest BCUT2D eigenvalue weighted by Gasteiger charge is 2.19. The average molecular weight is 296 g/mol. The number of rotatable bonds is 5. The van der Waals surface area contributed by atoms with Gasteiger partial charge in [-0.3, -0.25) is 9.59 Å². The molecule has 0 bridgehead atoms. The Bertz CT molecular complexity index is 624. The molecular formula is C18H20N2O2. The third-order valence-electron chi connectivity index (χ3n) is 3.42. The number of carbonyl (C=O) groups is 2. The third-order valence-corrected chi connectivity index (χ3v) is 3.42. The minimum Gasteiger partial charge on any atom is -0.349 e. The fourth-order valence-electron chi connectivity index (χ4n) is 2.13. The molecule has 0 aliphatic rings. The van der Waals surface area contributed by atoms with Crippen LogP contribution < -0.4 is 5.32 Å². The van der Waals surface area contributed by atoms with E-state index in [0.717, 1.165) is 5.56 Å². The Hall–Kier alpha value is -2.62. The zero-order valence-corrected chi connectivity index (χ0v) is 12.8. The molecule has 0 aliphatic heterocycles. The first-order chi connectivity index (χ1) is 10.6. The first-order valence-electron chi connectivity index (χ1n) is 7.19. The molecule has 22 heavy (non-hydrogen) atoms. The maximum absolute atomic E-state index is 12.3. The topological polar surface area (TPSA) is 49.4 Å². The highest BCUT2D eigenvalue weighted by molar-refractivity contribution is 5.94. The Balaban J connectivity index is 2.18. The van der Waals surface area contributed by atoms with E-state index >= 15 is 0 Å². The molecule has 4 heteroatoms. The van der Waals surface area contributed by atoms with Gasteiger partial charge in [-0.2, -0.15) is 0 Å². The maximum atomic E-state index is 12.3. The van der Waals surface area contributed by atoms with Gasteiger partial charge in [0.25, 0.3) is 5.91 Å². The zero-order chi connectivity index (χ0) is 15.9. The fourth-order valence-corrected chi connectivity index (χ4v) is 2.13. The van der Waals surface area contributed by atoms with Crippen LogP contribution in [0.5, 0.6) is 0 Å². The lowest BCUT2D eigenvalue weighted by molar-refractivity contribution is -0.129. The van der Waals surface area contributed by atoms with Crippen LogP contribution in [0.1, 0.15) is 28.4 Å². The summed E-state index contributed by atoms with van der Waals surface area (Å²) < 4.78 is 0. The summed E-state index contributed by atoms with van der Waals surface area (Å²) in [6.07, 6.45) is 0.232. The molecule has 1 N–H and O–H groups in total. The maximum Gasteiger partial charge on any atom is 0.251 e. The zero-order valence-electron chi connectivity index (χ0n) is 12.8. The predicted molar refractivity (Wildman–Crippen MR) is 86.4 cm³/mol. The van der Waals surface area contributed by atoms with Crippen molar-refractivity contribution in [3.05, 3.63) is 71.8 Å². The number of carbonyl (C=O) groups excluding carboxylic acids is 2. The molecule has 2 aromatic rings. The molecule has 0 aliphatic carbocycles. The molecule has 0 unspecified atom stereocenters. The number of hydrogen-bond acceptors (Lipinski definition) is 2. The van der Waals surface area contributed by atoms with Gasteiger partial charge in [0, 0.05) is 19.7 Å². The highest BCUT2D eigenvalue weighted by atomic mass is 16.2. The molecule has 2 aromatic carbocycles. The molecule has 114 valence electrons. The van der Waals surface area contributed by atoms with Crippen LogP contribution in [0.4, 0.5) is 0 Å². The van der Waals surface area contributed by atoms with Gasteiger partial charge in [0.05, 0.1) is 12.5 Å². The Morgan fingerprint density at radius 3 is 2.05 bits per heavy atom. The molecule has 2 amide bonds. The SMILES string of the molecule is CN(C)C(=O)C[C@@H](NC(=O)c1ccccc1)c1ccccc1. The molecule has 0 spiro atoms. The standard InChI is InChI=1S/C18H20N2O2/c1-20(2)17(21)13-16(14-9-5-3-6-10-14)19-18(22)15-11-7-4-8-12-15/h3-12,16H,13H2,1-2H3,(H,19,22)/t16-/m1/s1.